The Morgan fingerprint density at radius 3 is 1.14 bits per heavy atom. The van der Waals surface area contributed by atoms with Crippen LogP contribution in [0.3, 0.4) is 0 Å². The normalized spacial score (nSPS) is 15.9. The maximum Gasteiger partial charge on any atom is 0.328 e. The Morgan fingerprint density at radius 2 is 0.929 bits per heavy atom. The lowest BCUT2D eigenvalue weighted by atomic mass is 9.75. The van der Waals surface area contributed by atoms with Gasteiger partial charge in [0.15, 0.2) is 0 Å². The number of unbranched alkanes of at least 4 members (excludes halogenated alkanes) is 2. The summed E-state index contributed by atoms with van der Waals surface area (Å²) in [6.07, 6.45) is 3.51. The number of nitrogens with zero attached hydrogens (tertiary/aromatic N) is 2. The number of ether oxygens (including phenoxy) is 2. The van der Waals surface area contributed by atoms with Gasteiger partial charge in [-0.15, -0.1) is 0 Å². The summed E-state index contributed by atoms with van der Waals surface area (Å²) in [5.41, 5.74) is -2.31. The molecule has 0 aliphatic rings. The number of rotatable bonds is 15. The molecule has 0 aliphatic heterocycles. The first-order valence-corrected chi connectivity index (χ1v) is 11.1. The highest BCUT2D eigenvalue weighted by Gasteiger charge is 2.62. The molecule has 0 spiro atoms. The fraction of sp³-hybridized carbons (Fsp3) is 0.909. The summed E-state index contributed by atoms with van der Waals surface area (Å²) in [5.74, 6) is -0.710. The highest BCUT2D eigenvalue weighted by atomic mass is 16.5. The average molecular weight is 401 g/mol. The number of carbonyl (C=O) groups is 2. The molecule has 2 atom stereocenters. The van der Waals surface area contributed by atoms with Crippen molar-refractivity contribution in [2.75, 3.05) is 39.4 Å². The van der Waals surface area contributed by atoms with Crippen LogP contribution in [-0.2, 0) is 19.1 Å². The molecule has 0 amide bonds. The summed E-state index contributed by atoms with van der Waals surface area (Å²) >= 11 is 0. The second kappa shape index (κ2) is 13.2. The standard InChI is InChI=1S/C22H44N2O4/c1-9-15-17-27-19(25)21(7,23(11-3)12-4)22(8,24(13-5)14-6)20(26)28-18-16-10-2/h9-18H2,1-8H3. The molecule has 6 heteroatoms. The minimum atomic E-state index is -1.15. The van der Waals surface area contributed by atoms with Crippen molar-refractivity contribution in [1.82, 2.24) is 9.80 Å². The fourth-order valence-corrected chi connectivity index (χ4v) is 3.88. The Kier molecular flexibility index (Phi) is 12.6. The van der Waals surface area contributed by atoms with Gasteiger partial charge in [-0.25, -0.2) is 9.59 Å². The maximum atomic E-state index is 13.4. The van der Waals surface area contributed by atoms with Crippen LogP contribution in [0.15, 0.2) is 0 Å². The summed E-state index contributed by atoms with van der Waals surface area (Å²) in [7, 11) is 0. The van der Waals surface area contributed by atoms with Crippen LogP contribution in [-0.4, -0.2) is 72.2 Å². The van der Waals surface area contributed by atoms with Gasteiger partial charge in [-0.1, -0.05) is 54.4 Å². The van der Waals surface area contributed by atoms with E-state index in [1.165, 1.54) is 0 Å². The van der Waals surface area contributed by atoms with Crippen LogP contribution in [0.4, 0.5) is 0 Å². The molecule has 0 radical (unpaired) electrons. The van der Waals surface area contributed by atoms with E-state index >= 15 is 0 Å². The van der Waals surface area contributed by atoms with E-state index in [0.717, 1.165) is 25.7 Å². The average Bonchev–Trinajstić information content (AvgIpc) is 2.69. The van der Waals surface area contributed by atoms with E-state index < -0.39 is 11.1 Å². The van der Waals surface area contributed by atoms with Gasteiger partial charge in [0, 0.05) is 0 Å². The molecule has 0 bridgehead atoms. The molecule has 0 saturated heterocycles. The van der Waals surface area contributed by atoms with Gasteiger partial charge in [-0.2, -0.15) is 0 Å². The van der Waals surface area contributed by atoms with Gasteiger partial charge in [0.05, 0.1) is 13.2 Å². The lowest BCUT2D eigenvalue weighted by Gasteiger charge is -2.52. The lowest BCUT2D eigenvalue weighted by Crippen LogP contribution is -2.75. The Balaban J connectivity index is 6.27. The molecular weight excluding hydrogens is 356 g/mol. The SMILES string of the molecule is CCCCOC(=O)C(C)(N(CC)CC)C(C)(C(=O)OCCCC)N(CC)CC. The number of hydrogen-bond acceptors (Lipinski definition) is 6. The highest BCUT2D eigenvalue weighted by Crippen LogP contribution is 2.37. The molecule has 0 aromatic heterocycles. The molecule has 0 saturated carbocycles. The first-order chi connectivity index (χ1) is 13.3. The molecule has 6 nitrogen and oxygen atoms in total. The summed E-state index contributed by atoms with van der Waals surface area (Å²) in [5, 5.41) is 0. The van der Waals surface area contributed by atoms with E-state index in [2.05, 4.69) is 13.8 Å². The molecule has 28 heavy (non-hydrogen) atoms. The molecular formula is C22H44N2O4. The van der Waals surface area contributed by atoms with Crippen molar-refractivity contribution in [3.05, 3.63) is 0 Å². The minimum absolute atomic E-state index is 0.355. The van der Waals surface area contributed by atoms with Gasteiger partial charge in [0.1, 0.15) is 11.1 Å². The Hall–Kier alpha value is -1.14. The lowest BCUT2D eigenvalue weighted by molar-refractivity contribution is -0.186. The molecule has 0 aliphatic carbocycles. The molecule has 0 rings (SSSR count). The summed E-state index contributed by atoms with van der Waals surface area (Å²) in [6.45, 7) is 19.1. The number of esters is 2. The van der Waals surface area contributed by atoms with E-state index in [1.54, 1.807) is 0 Å². The maximum absolute atomic E-state index is 13.4. The molecule has 0 aromatic carbocycles. The van der Waals surface area contributed by atoms with Crippen LogP contribution in [0.2, 0.25) is 0 Å². The third-order valence-electron chi connectivity index (χ3n) is 6.00. The number of likely N-dealkylation sites (N-methyl/N-ethyl adjacent to an activating group) is 2. The minimum Gasteiger partial charge on any atom is -0.464 e. The second-order valence-electron chi connectivity index (χ2n) is 7.47. The topological polar surface area (TPSA) is 59.1 Å². The fourth-order valence-electron chi connectivity index (χ4n) is 3.88. The van der Waals surface area contributed by atoms with Crippen molar-refractivity contribution in [2.24, 2.45) is 0 Å². The molecule has 0 heterocycles. The molecule has 0 aromatic rings. The predicted octanol–water partition coefficient (Wildman–Crippen LogP) is 3.87. The van der Waals surface area contributed by atoms with Gasteiger partial charge < -0.3 is 9.47 Å². The van der Waals surface area contributed by atoms with Gasteiger partial charge in [0.25, 0.3) is 0 Å². The third-order valence-corrected chi connectivity index (χ3v) is 6.00. The Bertz CT molecular complexity index is 421. The van der Waals surface area contributed by atoms with Crippen LogP contribution in [0.5, 0.6) is 0 Å². The summed E-state index contributed by atoms with van der Waals surface area (Å²) < 4.78 is 11.4. The smallest absolute Gasteiger partial charge is 0.328 e. The van der Waals surface area contributed by atoms with Gasteiger partial charge in [0.2, 0.25) is 0 Å². The zero-order valence-corrected chi connectivity index (χ0v) is 19.6. The quantitative estimate of drug-likeness (QED) is 0.307. The second-order valence-corrected chi connectivity index (χ2v) is 7.47. The zero-order valence-electron chi connectivity index (χ0n) is 19.6. The van der Waals surface area contributed by atoms with Crippen molar-refractivity contribution < 1.29 is 19.1 Å². The van der Waals surface area contributed by atoms with Crippen LogP contribution in [0, 0.1) is 0 Å². The molecule has 166 valence electrons. The number of hydrogen-bond donors (Lipinski definition) is 0. The predicted molar refractivity (Wildman–Crippen MR) is 114 cm³/mol. The van der Waals surface area contributed by atoms with Crippen molar-refractivity contribution in [2.45, 2.75) is 92.2 Å². The van der Waals surface area contributed by atoms with Gasteiger partial charge >= 0.3 is 11.9 Å². The highest BCUT2D eigenvalue weighted by molar-refractivity contribution is 5.94. The Labute approximate surface area is 172 Å². The van der Waals surface area contributed by atoms with Crippen molar-refractivity contribution in [3.63, 3.8) is 0 Å². The van der Waals surface area contributed by atoms with Crippen molar-refractivity contribution in [1.29, 1.82) is 0 Å². The first kappa shape index (κ1) is 26.9. The zero-order chi connectivity index (χ0) is 21.8. The van der Waals surface area contributed by atoms with Gasteiger partial charge in [-0.3, -0.25) is 9.80 Å². The van der Waals surface area contributed by atoms with Crippen LogP contribution >= 0.6 is 0 Å². The van der Waals surface area contributed by atoms with Crippen LogP contribution in [0.25, 0.3) is 0 Å². The third kappa shape index (κ3) is 5.69. The van der Waals surface area contributed by atoms with E-state index in [0.29, 0.717) is 39.4 Å². The van der Waals surface area contributed by atoms with Crippen molar-refractivity contribution >= 4 is 11.9 Å². The molecule has 0 N–H and O–H groups in total. The Morgan fingerprint density at radius 1 is 0.643 bits per heavy atom. The van der Waals surface area contributed by atoms with Crippen LogP contribution in [0.1, 0.15) is 81.1 Å². The first-order valence-electron chi connectivity index (χ1n) is 11.1. The van der Waals surface area contributed by atoms with E-state index in [-0.39, 0.29) is 11.9 Å². The largest absolute Gasteiger partial charge is 0.464 e. The molecule has 2 unspecified atom stereocenters. The summed E-state index contributed by atoms with van der Waals surface area (Å²) in [4.78, 5) is 30.9. The van der Waals surface area contributed by atoms with E-state index in [9.17, 15) is 9.59 Å². The van der Waals surface area contributed by atoms with E-state index in [4.69, 9.17) is 9.47 Å². The summed E-state index contributed by atoms with van der Waals surface area (Å²) in [6, 6.07) is 0. The van der Waals surface area contributed by atoms with Crippen LogP contribution < -0.4 is 0 Å². The molecule has 0 fully saturated rings. The monoisotopic (exact) mass is 400 g/mol. The number of carbonyl (C=O) groups excluding carboxylic acids is 2. The van der Waals surface area contributed by atoms with Crippen molar-refractivity contribution in [3.8, 4) is 0 Å². The van der Waals surface area contributed by atoms with E-state index in [1.807, 2.05) is 51.3 Å². The van der Waals surface area contributed by atoms with Gasteiger partial charge in [-0.05, 0) is 52.9 Å².